The van der Waals surface area contributed by atoms with Gasteiger partial charge in [-0.25, -0.2) is 13.2 Å². The van der Waals surface area contributed by atoms with E-state index in [4.69, 9.17) is 13.9 Å². The summed E-state index contributed by atoms with van der Waals surface area (Å²) in [5.41, 5.74) is -2.61. The van der Waals surface area contributed by atoms with Crippen LogP contribution in [-0.2, 0) is 28.5 Å². The fourth-order valence-electron chi connectivity index (χ4n) is 9.71. The summed E-state index contributed by atoms with van der Waals surface area (Å²) in [5, 5.41) is 2.00. The molecule has 3 aromatic carbocycles. The molecule has 2 bridgehead atoms. The molecule has 9 heteroatoms. The van der Waals surface area contributed by atoms with Crippen molar-refractivity contribution in [3.63, 3.8) is 0 Å². The summed E-state index contributed by atoms with van der Waals surface area (Å²) >= 11 is 0. The summed E-state index contributed by atoms with van der Waals surface area (Å²) in [6.45, 7) is 15.2. The van der Waals surface area contributed by atoms with Crippen LogP contribution in [-0.4, -0.2) is 53.2 Å². The standard InChI is InChI=1S/C42H52O7SSi/c1-30(2)36-42-25-23-35(43)41(37(42)49-38(44)48-36,29-31(40(42,6)7)24-28-50(45,46)32-17-11-8-12-18-32)26-27-47-51(39(3,4)5,33-19-13-9-14-20-33)34-21-15-10-16-22-34/h8-23,25,30-31,36-37H,24,26-29H2,1-7H3/t31-,36-,37+,41-,42+/m1/s1. The van der Waals surface area contributed by atoms with E-state index in [1.807, 2.05) is 56.3 Å². The Morgan fingerprint density at radius 3 is 1.94 bits per heavy atom. The Balaban J connectivity index is 1.44. The Hall–Kier alpha value is -3.53. The van der Waals surface area contributed by atoms with E-state index in [-0.39, 0.29) is 39.9 Å². The highest BCUT2D eigenvalue weighted by Gasteiger charge is 2.74. The van der Waals surface area contributed by atoms with Crippen molar-refractivity contribution in [3.05, 3.63) is 103 Å². The van der Waals surface area contributed by atoms with Gasteiger partial charge in [-0.2, -0.15) is 0 Å². The summed E-state index contributed by atoms with van der Waals surface area (Å²) in [6.07, 6.45) is 2.48. The van der Waals surface area contributed by atoms with Gasteiger partial charge >= 0.3 is 6.16 Å². The van der Waals surface area contributed by atoms with E-state index in [1.54, 1.807) is 36.4 Å². The maximum atomic E-state index is 14.6. The lowest BCUT2D eigenvalue weighted by Gasteiger charge is -2.67. The molecule has 1 heterocycles. The largest absolute Gasteiger partial charge is 0.508 e. The van der Waals surface area contributed by atoms with Crippen molar-refractivity contribution in [1.29, 1.82) is 0 Å². The van der Waals surface area contributed by atoms with Gasteiger partial charge in [-0.3, -0.25) is 4.79 Å². The lowest BCUT2D eigenvalue weighted by molar-refractivity contribution is -0.261. The predicted octanol–water partition coefficient (Wildman–Crippen LogP) is 7.53. The molecule has 6 rings (SSSR count). The lowest BCUT2D eigenvalue weighted by atomic mass is 9.39. The zero-order valence-electron chi connectivity index (χ0n) is 30.9. The molecule has 0 amide bonds. The third-order valence-corrected chi connectivity index (χ3v) is 19.1. The van der Waals surface area contributed by atoms with Gasteiger partial charge in [0.1, 0.15) is 12.2 Å². The van der Waals surface area contributed by atoms with Crippen molar-refractivity contribution in [2.24, 2.45) is 28.1 Å². The fraction of sp³-hybridized carbons (Fsp3) is 0.476. The first-order valence-corrected chi connectivity index (χ1v) is 21.7. The molecule has 2 aliphatic carbocycles. The van der Waals surface area contributed by atoms with Gasteiger partial charge in [0, 0.05) is 6.61 Å². The van der Waals surface area contributed by atoms with Gasteiger partial charge < -0.3 is 13.9 Å². The van der Waals surface area contributed by atoms with Crippen molar-refractivity contribution in [1.82, 2.24) is 0 Å². The van der Waals surface area contributed by atoms with Crippen molar-refractivity contribution in [3.8, 4) is 0 Å². The number of carbonyl (C=O) groups excluding carboxylic acids is 2. The number of ether oxygens (including phenoxy) is 2. The molecule has 0 N–H and O–H groups in total. The van der Waals surface area contributed by atoms with E-state index in [0.717, 1.165) is 10.4 Å². The Kier molecular flexibility index (Phi) is 9.83. The normalized spacial score (nSPS) is 27.4. The van der Waals surface area contributed by atoms with Gasteiger partial charge in [-0.1, -0.05) is 133 Å². The SMILES string of the molecule is CC(C)[C@H]1OC(=O)O[C@H]2[C@]3(CCO[Si](c4ccccc4)(c4ccccc4)C(C)(C)C)C[C@@H](CCS(=O)(=O)c4ccccc4)C(C)(C)[C@@]12C=CC3=O. The second kappa shape index (κ2) is 13.5. The van der Waals surface area contributed by atoms with E-state index in [0.29, 0.717) is 19.3 Å². The smallest absolute Gasteiger partial charge is 0.430 e. The third-order valence-electron chi connectivity index (χ3n) is 12.3. The van der Waals surface area contributed by atoms with Crippen LogP contribution in [0.2, 0.25) is 5.04 Å². The molecule has 272 valence electrons. The fourth-order valence-corrected chi connectivity index (χ4v) is 15.7. The van der Waals surface area contributed by atoms with Crippen LogP contribution in [0.1, 0.15) is 67.7 Å². The third kappa shape index (κ3) is 6.03. The van der Waals surface area contributed by atoms with E-state index in [9.17, 15) is 18.0 Å². The summed E-state index contributed by atoms with van der Waals surface area (Å²) in [7, 11) is -6.54. The lowest BCUT2D eigenvalue weighted by Crippen LogP contribution is -2.73. The number of sulfone groups is 1. The zero-order valence-corrected chi connectivity index (χ0v) is 32.7. The van der Waals surface area contributed by atoms with Crippen LogP contribution in [0.5, 0.6) is 0 Å². The second-order valence-corrected chi connectivity index (χ2v) is 23.0. The topological polar surface area (TPSA) is 96.0 Å². The molecule has 1 aliphatic heterocycles. The second-order valence-electron chi connectivity index (χ2n) is 16.6. The van der Waals surface area contributed by atoms with Crippen LogP contribution in [0, 0.1) is 28.1 Å². The Bertz CT molecular complexity index is 1830. The van der Waals surface area contributed by atoms with Crippen LogP contribution in [0.25, 0.3) is 0 Å². The molecule has 3 aliphatic rings. The highest BCUT2D eigenvalue weighted by atomic mass is 32.2. The van der Waals surface area contributed by atoms with E-state index in [1.165, 1.54) is 0 Å². The van der Waals surface area contributed by atoms with Gasteiger partial charge in [0.25, 0.3) is 8.32 Å². The van der Waals surface area contributed by atoms with Crippen LogP contribution >= 0.6 is 0 Å². The average Bonchev–Trinajstić information content (AvgIpc) is 3.09. The monoisotopic (exact) mass is 728 g/mol. The van der Waals surface area contributed by atoms with Crippen molar-refractivity contribution in [2.45, 2.75) is 89.9 Å². The van der Waals surface area contributed by atoms with E-state index in [2.05, 4.69) is 58.9 Å². The quantitative estimate of drug-likeness (QED) is 0.149. The molecule has 0 aromatic heterocycles. The van der Waals surface area contributed by atoms with Gasteiger partial charge in [0.05, 0.1) is 21.5 Å². The molecule has 1 saturated carbocycles. The van der Waals surface area contributed by atoms with Gasteiger partial charge in [-0.15, -0.1) is 0 Å². The highest BCUT2D eigenvalue weighted by Crippen LogP contribution is 2.68. The number of rotatable bonds is 11. The first kappa shape index (κ1) is 37.2. The molecule has 3 aromatic rings. The van der Waals surface area contributed by atoms with E-state index < -0.39 is 52.8 Å². The number of carbonyl (C=O) groups is 2. The van der Waals surface area contributed by atoms with Gasteiger partial charge in [-0.05, 0) is 70.1 Å². The molecular formula is C42H52O7SSi. The first-order chi connectivity index (χ1) is 24.0. The molecular weight excluding hydrogens is 677 g/mol. The minimum atomic E-state index is -3.59. The van der Waals surface area contributed by atoms with Crippen LogP contribution in [0.4, 0.5) is 4.79 Å². The molecule has 0 unspecified atom stereocenters. The Morgan fingerprint density at radius 1 is 0.863 bits per heavy atom. The number of hydrogen-bond donors (Lipinski definition) is 0. The van der Waals surface area contributed by atoms with Crippen molar-refractivity contribution >= 4 is 40.5 Å². The Labute approximate surface area is 304 Å². The molecule has 1 saturated heterocycles. The maximum Gasteiger partial charge on any atom is 0.508 e. The first-order valence-electron chi connectivity index (χ1n) is 18.2. The molecule has 7 nitrogen and oxygen atoms in total. The molecule has 0 spiro atoms. The van der Waals surface area contributed by atoms with Crippen LogP contribution < -0.4 is 10.4 Å². The van der Waals surface area contributed by atoms with Gasteiger partial charge in [0.15, 0.2) is 15.6 Å². The van der Waals surface area contributed by atoms with E-state index >= 15 is 0 Å². The molecule has 5 atom stereocenters. The molecule has 0 radical (unpaired) electrons. The maximum absolute atomic E-state index is 14.6. The number of cyclic esters (lactones) is 1. The summed E-state index contributed by atoms with van der Waals surface area (Å²) in [5.74, 6) is -0.477. The number of hydrogen-bond acceptors (Lipinski definition) is 7. The summed E-state index contributed by atoms with van der Waals surface area (Å²) in [6, 6.07) is 29.3. The summed E-state index contributed by atoms with van der Waals surface area (Å²) in [4.78, 5) is 28.1. The average molecular weight is 729 g/mol. The highest BCUT2D eigenvalue weighted by molar-refractivity contribution is 7.91. The zero-order chi connectivity index (χ0) is 36.9. The number of benzene rings is 3. The van der Waals surface area contributed by atoms with Gasteiger partial charge in [0.2, 0.25) is 0 Å². The van der Waals surface area contributed by atoms with Crippen molar-refractivity contribution < 1.29 is 31.9 Å². The molecule has 2 fully saturated rings. The minimum Gasteiger partial charge on any atom is -0.430 e. The van der Waals surface area contributed by atoms with Crippen molar-refractivity contribution in [2.75, 3.05) is 12.4 Å². The minimum absolute atomic E-state index is 0.0641. The number of ketones is 1. The molecule has 51 heavy (non-hydrogen) atoms. The Morgan fingerprint density at radius 2 is 1.41 bits per heavy atom. The van der Waals surface area contributed by atoms with Crippen LogP contribution in [0.15, 0.2) is 108 Å². The predicted molar refractivity (Wildman–Crippen MR) is 202 cm³/mol. The summed E-state index contributed by atoms with van der Waals surface area (Å²) < 4.78 is 46.8. The number of allylic oxidation sites excluding steroid dienone is 1. The van der Waals surface area contributed by atoms with Crippen LogP contribution in [0.3, 0.4) is 0 Å².